The Morgan fingerprint density at radius 1 is 0.909 bits per heavy atom. The summed E-state index contributed by atoms with van der Waals surface area (Å²) < 4.78 is 7.49. The number of amides is 1. The molecule has 1 aromatic heterocycles. The quantitative estimate of drug-likeness (QED) is 0.406. The first-order valence-electron chi connectivity index (χ1n) is 10.6. The van der Waals surface area contributed by atoms with Crippen molar-refractivity contribution in [1.82, 2.24) is 14.5 Å². The Labute approximate surface area is 192 Å². The number of aromatic nitrogens is 2. The molecule has 1 aliphatic rings. The van der Waals surface area contributed by atoms with Gasteiger partial charge < -0.3 is 14.2 Å². The summed E-state index contributed by atoms with van der Waals surface area (Å²) in [7, 11) is 5.06. The second-order valence-corrected chi connectivity index (χ2v) is 8.36. The fraction of sp³-hybridized carbons (Fsp3) is 0.148. The van der Waals surface area contributed by atoms with Gasteiger partial charge in [0.05, 0.1) is 24.8 Å². The highest BCUT2D eigenvalue weighted by atomic mass is 16.5. The minimum Gasteiger partial charge on any atom is -0.495 e. The Kier molecular flexibility index (Phi) is 4.86. The van der Waals surface area contributed by atoms with Gasteiger partial charge in [-0.15, -0.1) is 0 Å². The fourth-order valence-corrected chi connectivity index (χ4v) is 4.25. The molecule has 0 unspecified atom stereocenters. The van der Waals surface area contributed by atoms with Gasteiger partial charge in [0.25, 0.3) is 5.91 Å². The lowest BCUT2D eigenvalue weighted by atomic mass is 9.98. The van der Waals surface area contributed by atoms with Gasteiger partial charge in [-0.1, -0.05) is 24.3 Å². The van der Waals surface area contributed by atoms with Gasteiger partial charge in [-0.05, 0) is 59.5 Å². The van der Waals surface area contributed by atoms with Crippen molar-refractivity contribution in [1.29, 1.82) is 0 Å². The van der Waals surface area contributed by atoms with E-state index >= 15 is 0 Å². The van der Waals surface area contributed by atoms with Crippen molar-refractivity contribution in [2.45, 2.75) is 6.92 Å². The third kappa shape index (κ3) is 3.40. The Hall–Kier alpha value is -4.19. The summed E-state index contributed by atoms with van der Waals surface area (Å²) in [6.45, 7) is 1.93. The van der Waals surface area contributed by atoms with E-state index in [1.807, 2.05) is 72.3 Å². The number of fused-ring (bicyclic) bond motifs is 3. The lowest BCUT2D eigenvalue weighted by Crippen LogP contribution is -2.21. The number of aryl methyl sites for hydroxylation is 1. The number of hydrogen-bond donors (Lipinski definition) is 0. The molecule has 0 atom stereocenters. The summed E-state index contributed by atoms with van der Waals surface area (Å²) in [6.07, 6.45) is 3.67. The van der Waals surface area contributed by atoms with Gasteiger partial charge in [-0.25, -0.2) is 4.98 Å². The number of ether oxygens (including phenoxy) is 1. The number of rotatable bonds is 4. The molecule has 0 saturated heterocycles. The first-order valence-corrected chi connectivity index (χ1v) is 10.6. The van der Waals surface area contributed by atoms with Gasteiger partial charge in [0.15, 0.2) is 5.78 Å². The number of hydrogen-bond acceptors (Lipinski definition) is 4. The summed E-state index contributed by atoms with van der Waals surface area (Å²) in [5, 5.41) is 0. The molecule has 33 heavy (non-hydrogen) atoms. The van der Waals surface area contributed by atoms with Crippen LogP contribution in [0.3, 0.4) is 0 Å². The number of carbonyl (C=O) groups excluding carboxylic acids is 2. The second kappa shape index (κ2) is 7.74. The summed E-state index contributed by atoms with van der Waals surface area (Å²) in [6, 6.07) is 17.2. The summed E-state index contributed by atoms with van der Waals surface area (Å²) in [5.74, 6) is 0.556. The normalized spacial score (nSPS) is 11.8. The predicted molar refractivity (Wildman–Crippen MR) is 127 cm³/mol. The molecule has 164 valence electrons. The zero-order valence-electron chi connectivity index (χ0n) is 18.9. The van der Waals surface area contributed by atoms with E-state index in [1.165, 1.54) is 0 Å². The lowest BCUT2D eigenvalue weighted by molar-refractivity contribution is 0.0827. The number of ketones is 1. The molecule has 6 nitrogen and oxygen atoms in total. The molecule has 3 aromatic carbocycles. The molecule has 0 fully saturated rings. The molecule has 0 saturated carbocycles. The van der Waals surface area contributed by atoms with Crippen LogP contribution >= 0.6 is 0 Å². The molecule has 6 heteroatoms. The van der Waals surface area contributed by atoms with Crippen LogP contribution in [0.5, 0.6) is 5.75 Å². The minimum atomic E-state index is -0.0426. The van der Waals surface area contributed by atoms with Crippen molar-refractivity contribution in [3.05, 3.63) is 89.5 Å². The third-order valence-corrected chi connectivity index (χ3v) is 5.98. The zero-order valence-corrected chi connectivity index (χ0v) is 18.9. The number of benzene rings is 3. The smallest absolute Gasteiger partial charge is 0.253 e. The van der Waals surface area contributed by atoms with Crippen molar-refractivity contribution < 1.29 is 14.3 Å². The van der Waals surface area contributed by atoms with Crippen LogP contribution in [0.2, 0.25) is 0 Å². The first kappa shape index (κ1) is 20.7. The maximum atomic E-state index is 13.3. The molecule has 0 aliphatic heterocycles. The van der Waals surface area contributed by atoms with Gasteiger partial charge in [0, 0.05) is 37.0 Å². The van der Waals surface area contributed by atoms with E-state index in [2.05, 4.69) is 4.98 Å². The lowest BCUT2D eigenvalue weighted by Gasteiger charge is -2.12. The van der Waals surface area contributed by atoms with Crippen LogP contribution in [0.25, 0.3) is 27.9 Å². The van der Waals surface area contributed by atoms with Crippen LogP contribution < -0.4 is 4.74 Å². The van der Waals surface area contributed by atoms with Crippen LogP contribution in [0.1, 0.15) is 32.0 Å². The van der Waals surface area contributed by atoms with Crippen LogP contribution in [0.4, 0.5) is 0 Å². The van der Waals surface area contributed by atoms with E-state index in [-0.39, 0.29) is 11.7 Å². The minimum absolute atomic E-state index is 0.0204. The van der Waals surface area contributed by atoms with Crippen molar-refractivity contribution in [2.24, 2.45) is 0 Å². The molecule has 0 radical (unpaired) electrons. The highest BCUT2D eigenvalue weighted by Crippen LogP contribution is 2.42. The molecular weight excluding hydrogens is 414 g/mol. The first-order chi connectivity index (χ1) is 15.9. The van der Waals surface area contributed by atoms with Crippen molar-refractivity contribution in [3.63, 3.8) is 0 Å². The standard InChI is InChI=1S/C27H23N3O3/c1-16-14-30(15-28-16)24-12-21-20-10-9-19(11-22(20)26(31)23(21)13-25(24)33-4)17-5-7-18(8-6-17)27(32)29(2)3/h5-15H,1-4H3. The van der Waals surface area contributed by atoms with E-state index in [1.54, 1.807) is 32.4 Å². The van der Waals surface area contributed by atoms with Gasteiger partial charge in [0.1, 0.15) is 5.75 Å². The highest BCUT2D eigenvalue weighted by molar-refractivity contribution is 6.22. The average Bonchev–Trinajstić information content (AvgIpc) is 3.38. The Balaban J connectivity index is 1.56. The molecular formula is C27H23N3O3. The molecule has 1 heterocycles. The van der Waals surface area contributed by atoms with Gasteiger partial charge in [-0.2, -0.15) is 0 Å². The SMILES string of the molecule is COc1cc2c(cc1-n1cnc(C)c1)-c1ccc(-c3ccc(C(=O)N(C)C)cc3)cc1C2=O. The largest absolute Gasteiger partial charge is 0.495 e. The highest BCUT2D eigenvalue weighted by Gasteiger charge is 2.29. The van der Waals surface area contributed by atoms with E-state index in [4.69, 9.17) is 4.74 Å². The fourth-order valence-electron chi connectivity index (χ4n) is 4.25. The topological polar surface area (TPSA) is 64.4 Å². The van der Waals surface area contributed by atoms with Crippen molar-refractivity contribution >= 4 is 11.7 Å². The molecule has 1 aliphatic carbocycles. The predicted octanol–water partition coefficient (Wildman–Crippen LogP) is 4.77. The maximum Gasteiger partial charge on any atom is 0.253 e. The molecule has 0 bridgehead atoms. The van der Waals surface area contributed by atoms with Crippen molar-refractivity contribution in [3.8, 4) is 33.7 Å². The third-order valence-electron chi connectivity index (χ3n) is 5.98. The van der Waals surface area contributed by atoms with E-state index in [0.29, 0.717) is 22.4 Å². The van der Waals surface area contributed by atoms with Crippen LogP contribution in [-0.2, 0) is 0 Å². The van der Waals surface area contributed by atoms with Crippen LogP contribution in [0.15, 0.2) is 67.1 Å². The molecule has 5 rings (SSSR count). The van der Waals surface area contributed by atoms with Gasteiger partial charge in [0.2, 0.25) is 0 Å². The Morgan fingerprint density at radius 3 is 2.24 bits per heavy atom. The molecule has 4 aromatic rings. The monoisotopic (exact) mass is 437 g/mol. The number of imidazole rings is 1. The number of methoxy groups -OCH3 is 1. The van der Waals surface area contributed by atoms with Crippen LogP contribution in [0, 0.1) is 6.92 Å². The molecule has 0 N–H and O–H groups in total. The van der Waals surface area contributed by atoms with Gasteiger partial charge >= 0.3 is 0 Å². The number of carbonyl (C=O) groups is 2. The summed E-state index contributed by atoms with van der Waals surface area (Å²) in [4.78, 5) is 31.3. The maximum absolute atomic E-state index is 13.3. The van der Waals surface area contributed by atoms with Gasteiger partial charge in [-0.3, -0.25) is 9.59 Å². The van der Waals surface area contributed by atoms with E-state index < -0.39 is 0 Å². The average molecular weight is 437 g/mol. The molecule has 0 spiro atoms. The van der Waals surface area contributed by atoms with E-state index in [9.17, 15) is 9.59 Å². The Morgan fingerprint density at radius 2 is 1.61 bits per heavy atom. The Bertz CT molecular complexity index is 1420. The summed E-state index contributed by atoms with van der Waals surface area (Å²) >= 11 is 0. The number of nitrogens with zero attached hydrogens (tertiary/aromatic N) is 3. The van der Waals surface area contributed by atoms with E-state index in [0.717, 1.165) is 33.6 Å². The molecule has 1 amide bonds. The zero-order chi connectivity index (χ0) is 23.3. The van der Waals surface area contributed by atoms with Crippen LogP contribution in [-0.4, -0.2) is 47.3 Å². The van der Waals surface area contributed by atoms with Crippen molar-refractivity contribution in [2.75, 3.05) is 21.2 Å². The second-order valence-electron chi connectivity index (χ2n) is 8.36. The summed E-state index contributed by atoms with van der Waals surface area (Å²) in [5.41, 5.74) is 7.32.